The third-order valence-electron chi connectivity index (χ3n) is 4.06. The Morgan fingerprint density at radius 2 is 1.83 bits per heavy atom. The summed E-state index contributed by atoms with van der Waals surface area (Å²) in [6.07, 6.45) is 1.73. The lowest BCUT2D eigenvalue weighted by Crippen LogP contribution is -2.38. The van der Waals surface area contributed by atoms with E-state index in [1.54, 1.807) is 18.1 Å². The Balaban J connectivity index is 1.94. The lowest BCUT2D eigenvalue weighted by atomic mass is 9.87. The Bertz CT molecular complexity index is 660. The second kappa shape index (κ2) is 7.47. The largest absolute Gasteiger partial charge is 0.330 e. The van der Waals surface area contributed by atoms with Crippen LogP contribution in [-0.2, 0) is 12.0 Å². The molecule has 4 heteroatoms. The van der Waals surface area contributed by atoms with Crippen LogP contribution in [-0.4, -0.2) is 23.0 Å². The van der Waals surface area contributed by atoms with Gasteiger partial charge in [0.25, 0.3) is 0 Å². The molecular formula is C20H27N3O. The molecule has 1 heterocycles. The molecule has 4 nitrogen and oxygen atoms in total. The van der Waals surface area contributed by atoms with Crippen molar-refractivity contribution in [3.63, 3.8) is 0 Å². The first-order valence-corrected chi connectivity index (χ1v) is 8.29. The highest BCUT2D eigenvalue weighted by atomic mass is 16.2. The smallest absolute Gasteiger partial charge is 0.317 e. The monoisotopic (exact) mass is 325 g/mol. The van der Waals surface area contributed by atoms with E-state index in [1.165, 1.54) is 5.56 Å². The zero-order valence-corrected chi connectivity index (χ0v) is 15.2. The molecule has 0 saturated heterocycles. The quantitative estimate of drug-likeness (QED) is 0.912. The molecule has 24 heavy (non-hydrogen) atoms. The normalized spacial score (nSPS) is 12.5. The molecule has 0 aliphatic carbocycles. The summed E-state index contributed by atoms with van der Waals surface area (Å²) in [6, 6.07) is 13.9. The lowest BCUT2D eigenvalue weighted by molar-refractivity contribution is 0.203. The van der Waals surface area contributed by atoms with E-state index in [4.69, 9.17) is 0 Å². The lowest BCUT2D eigenvalue weighted by Gasteiger charge is -2.22. The van der Waals surface area contributed by atoms with Crippen LogP contribution in [0.5, 0.6) is 0 Å². The van der Waals surface area contributed by atoms with E-state index in [0.29, 0.717) is 6.54 Å². The second-order valence-corrected chi connectivity index (χ2v) is 7.23. The first-order chi connectivity index (χ1) is 11.3. The van der Waals surface area contributed by atoms with Gasteiger partial charge in [-0.25, -0.2) is 4.79 Å². The standard InChI is InChI=1S/C20H27N3O/c1-15(18-8-6-7-13-21-18)22-19(24)23(5)14-16-9-11-17(12-10-16)20(2,3)4/h6-13,15H,14H2,1-5H3,(H,22,24)/t15-/m1/s1. The molecule has 0 spiro atoms. The fourth-order valence-corrected chi connectivity index (χ4v) is 2.46. The SMILES string of the molecule is C[C@@H](NC(=O)N(C)Cc1ccc(C(C)(C)C)cc1)c1ccccn1. The molecule has 0 unspecified atom stereocenters. The van der Waals surface area contributed by atoms with E-state index in [1.807, 2.05) is 25.1 Å². The number of pyridine rings is 1. The number of hydrogen-bond acceptors (Lipinski definition) is 2. The average Bonchev–Trinajstić information content (AvgIpc) is 2.55. The van der Waals surface area contributed by atoms with Gasteiger partial charge in [0, 0.05) is 19.8 Å². The number of nitrogens with zero attached hydrogens (tertiary/aromatic N) is 2. The summed E-state index contributed by atoms with van der Waals surface area (Å²) in [5.41, 5.74) is 3.40. The summed E-state index contributed by atoms with van der Waals surface area (Å²) in [5, 5.41) is 2.98. The topological polar surface area (TPSA) is 45.2 Å². The Kier molecular flexibility index (Phi) is 5.60. The molecule has 0 aliphatic rings. The number of amides is 2. The van der Waals surface area contributed by atoms with E-state index in [-0.39, 0.29) is 17.5 Å². The first kappa shape index (κ1) is 18.0. The van der Waals surface area contributed by atoms with Crippen molar-refractivity contribution >= 4 is 6.03 Å². The van der Waals surface area contributed by atoms with Gasteiger partial charge in [0.05, 0.1) is 11.7 Å². The Labute approximate surface area is 144 Å². The maximum Gasteiger partial charge on any atom is 0.317 e. The second-order valence-electron chi connectivity index (χ2n) is 7.23. The van der Waals surface area contributed by atoms with Crippen LogP contribution in [0.3, 0.4) is 0 Å². The molecule has 1 aromatic heterocycles. The fraction of sp³-hybridized carbons (Fsp3) is 0.400. The number of nitrogens with one attached hydrogen (secondary N) is 1. The highest BCUT2D eigenvalue weighted by Crippen LogP contribution is 2.22. The third kappa shape index (κ3) is 4.82. The molecule has 2 aromatic rings. The highest BCUT2D eigenvalue weighted by molar-refractivity contribution is 5.74. The Morgan fingerprint density at radius 3 is 2.38 bits per heavy atom. The van der Waals surface area contributed by atoms with Crippen molar-refractivity contribution in [2.75, 3.05) is 7.05 Å². The van der Waals surface area contributed by atoms with Crippen LogP contribution in [0.1, 0.15) is 50.6 Å². The zero-order valence-electron chi connectivity index (χ0n) is 15.2. The van der Waals surface area contributed by atoms with Crippen molar-refractivity contribution in [3.05, 3.63) is 65.5 Å². The molecule has 0 bridgehead atoms. The van der Waals surface area contributed by atoms with Crippen LogP contribution in [0.25, 0.3) is 0 Å². The summed E-state index contributed by atoms with van der Waals surface area (Å²) in [4.78, 5) is 18.3. The molecule has 1 aromatic carbocycles. The zero-order chi connectivity index (χ0) is 17.7. The number of aromatic nitrogens is 1. The summed E-state index contributed by atoms with van der Waals surface area (Å²) < 4.78 is 0. The van der Waals surface area contributed by atoms with Crippen LogP contribution < -0.4 is 5.32 Å². The maximum atomic E-state index is 12.3. The van der Waals surface area contributed by atoms with Crippen molar-refractivity contribution < 1.29 is 4.79 Å². The minimum absolute atomic E-state index is 0.104. The van der Waals surface area contributed by atoms with E-state index < -0.39 is 0 Å². The van der Waals surface area contributed by atoms with E-state index in [0.717, 1.165) is 11.3 Å². The molecule has 2 amide bonds. The van der Waals surface area contributed by atoms with E-state index >= 15 is 0 Å². The number of carbonyl (C=O) groups excluding carboxylic acids is 1. The molecule has 0 aliphatic heterocycles. The number of urea groups is 1. The third-order valence-corrected chi connectivity index (χ3v) is 4.06. The van der Waals surface area contributed by atoms with Crippen LogP contribution in [0, 0.1) is 0 Å². The van der Waals surface area contributed by atoms with Gasteiger partial charge >= 0.3 is 6.03 Å². The number of rotatable bonds is 4. The van der Waals surface area contributed by atoms with Gasteiger partial charge in [0.15, 0.2) is 0 Å². The fourth-order valence-electron chi connectivity index (χ4n) is 2.46. The molecule has 0 saturated carbocycles. The van der Waals surface area contributed by atoms with Gasteiger partial charge in [0.1, 0.15) is 0 Å². The van der Waals surface area contributed by atoms with Crippen molar-refractivity contribution in [1.29, 1.82) is 0 Å². The van der Waals surface area contributed by atoms with Gasteiger partial charge in [-0.15, -0.1) is 0 Å². The molecule has 128 valence electrons. The first-order valence-electron chi connectivity index (χ1n) is 8.29. The van der Waals surface area contributed by atoms with Gasteiger partial charge in [-0.05, 0) is 35.6 Å². The highest BCUT2D eigenvalue weighted by Gasteiger charge is 2.16. The minimum atomic E-state index is -0.121. The van der Waals surface area contributed by atoms with Crippen molar-refractivity contribution in [1.82, 2.24) is 15.2 Å². The summed E-state index contributed by atoms with van der Waals surface area (Å²) in [7, 11) is 1.80. The van der Waals surface area contributed by atoms with Gasteiger partial charge in [-0.3, -0.25) is 4.98 Å². The predicted octanol–water partition coefficient (Wildman–Crippen LogP) is 4.28. The number of benzene rings is 1. The van der Waals surface area contributed by atoms with Gasteiger partial charge < -0.3 is 10.2 Å². The molecule has 0 radical (unpaired) electrons. The summed E-state index contributed by atoms with van der Waals surface area (Å²) in [6.45, 7) is 9.10. The predicted molar refractivity (Wildman–Crippen MR) is 97.8 cm³/mol. The molecule has 1 N–H and O–H groups in total. The van der Waals surface area contributed by atoms with Crippen LogP contribution in [0.2, 0.25) is 0 Å². The maximum absolute atomic E-state index is 12.3. The van der Waals surface area contributed by atoms with Gasteiger partial charge in [0.2, 0.25) is 0 Å². The summed E-state index contributed by atoms with van der Waals surface area (Å²) in [5.74, 6) is 0. The van der Waals surface area contributed by atoms with Crippen molar-refractivity contribution in [2.45, 2.75) is 45.7 Å². The molecular weight excluding hydrogens is 298 g/mol. The molecule has 1 atom stereocenters. The minimum Gasteiger partial charge on any atom is -0.330 e. The molecule has 0 fully saturated rings. The van der Waals surface area contributed by atoms with Crippen LogP contribution >= 0.6 is 0 Å². The molecule has 2 rings (SSSR count). The summed E-state index contributed by atoms with van der Waals surface area (Å²) >= 11 is 0. The van der Waals surface area contributed by atoms with Crippen LogP contribution in [0.15, 0.2) is 48.7 Å². The van der Waals surface area contributed by atoms with Crippen molar-refractivity contribution in [2.24, 2.45) is 0 Å². The number of hydrogen-bond donors (Lipinski definition) is 1. The Morgan fingerprint density at radius 1 is 1.17 bits per heavy atom. The van der Waals surface area contributed by atoms with Gasteiger partial charge in [-0.2, -0.15) is 0 Å². The van der Waals surface area contributed by atoms with Crippen LogP contribution in [0.4, 0.5) is 4.79 Å². The van der Waals surface area contributed by atoms with Crippen molar-refractivity contribution in [3.8, 4) is 0 Å². The van der Waals surface area contributed by atoms with Gasteiger partial charge in [-0.1, -0.05) is 51.1 Å². The number of carbonyl (C=O) groups is 1. The van der Waals surface area contributed by atoms with E-state index in [9.17, 15) is 4.79 Å². The Hall–Kier alpha value is -2.36. The average molecular weight is 325 g/mol. The van der Waals surface area contributed by atoms with E-state index in [2.05, 4.69) is 55.3 Å².